The van der Waals surface area contributed by atoms with Crippen molar-refractivity contribution in [2.24, 2.45) is 0 Å². The Morgan fingerprint density at radius 2 is 2.32 bits per heavy atom. The van der Waals surface area contributed by atoms with Crippen LogP contribution in [0.2, 0.25) is 0 Å². The number of carbonyl (C=O) groups excluding carboxylic acids is 1. The second-order valence-electron chi connectivity index (χ2n) is 4.60. The average Bonchev–Trinajstić information content (AvgIpc) is 2.83. The molecule has 0 spiro atoms. The number of anilines is 1. The number of nitrogens with zero attached hydrogens (tertiary/aromatic N) is 1. The molecule has 19 heavy (non-hydrogen) atoms. The van der Waals surface area contributed by atoms with Crippen molar-refractivity contribution in [2.75, 3.05) is 11.9 Å². The first kappa shape index (κ1) is 12.3. The number of carbonyl (C=O) groups is 1. The molecule has 1 unspecified atom stereocenters. The minimum Gasteiger partial charge on any atom is -0.302 e. The third-order valence-electron chi connectivity index (χ3n) is 3.22. The summed E-state index contributed by atoms with van der Waals surface area (Å²) in [6.07, 6.45) is 2.73. The molecular weight excluding hydrogens is 258 g/mol. The summed E-state index contributed by atoms with van der Waals surface area (Å²) < 4.78 is 0. The predicted octanol–water partition coefficient (Wildman–Crippen LogP) is 2.28. The van der Waals surface area contributed by atoms with Crippen LogP contribution >= 0.6 is 11.3 Å². The van der Waals surface area contributed by atoms with E-state index in [1.54, 1.807) is 6.20 Å². The van der Waals surface area contributed by atoms with Crippen LogP contribution in [-0.2, 0) is 11.2 Å². The van der Waals surface area contributed by atoms with Gasteiger partial charge in [0.15, 0.2) is 5.13 Å². The van der Waals surface area contributed by atoms with Crippen molar-refractivity contribution in [3.05, 3.63) is 46.5 Å². The summed E-state index contributed by atoms with van der Waals surface area (Å²) in [6.45, 7) is 2.80. The molecule has 0 bridgehead atoms. The van der Waals surface area contributed by atoms with Crippen LogP contribution in [0.3, 0.4) is 0 Å². The number of fused-ring (bicyclic) bond motifs is 1. The summed E-state index contributed by atoms with van der Waals surface area (Å²) >= 11 is 1.49. The van der Waals surface area contributed by atoms with Crippen LogP contribution in [0.25, 0.3) is 0 Å². The van der Waals surface area contributed by atoms with E-state index in [0.717, 1.165) is 23.4 Å². The molecule has 0 fully saturated rings. The van der Waals surface area contributed by atoms with Crippen LogP contribution in [0.5, 0.6) is 0 Å². The fourth-order valence-electron chi connectivity index (χ4n) is 2.33. The molecule has 1 aromatic carbocycles. The fourth-order valence-corrected chi connectivity index (χ4v) is 3.00. The molecule has 2 heterocycles. The van der Waals surface area contributed by atoms with Gasteiger partial charge in [-0.1, -0.05) is 24.3 Å². The van der Waals surface area contributed by atoms with Gasteiger partial charge in [0.05, 0.1) is 0 Å². The highest BCUT2D eigenvalue weighted by atomic mass is 32.1. The SMILES string of the molecule is Cc1cnc(NC(=O)C2NCCc3ccccc32)s1. The van der Waals surface area contributed by atoms with E-state index in [4.69, 9.17) is 0 Å². The van der Waals surface area contributed by atoms with Gasteiger partial charge in [-0.05, 0) is 24.5 Å². The molecule has 98 valence electrons. The molecular formula is C14H15N3OS. The Morgan fingerprint density at radius 1 is 1.47 bits per heavy atom. The zero-order valence-corrected chi connectivity index (χ0v) is 11.5. The highest BCUT2D eigenvalue weighted by Gasteiger charge is 2.26. The summed E-state index contributed by atoms with van der Waals surface area (Å²) in [5.74, 6) is -0.0403. The van der Waals surface area contributed by atoms with Crippen molar-refractivity contribution in [1.29, 1.82) is 0 Å². The van der Waals surface area contributed by atoms with E-state index in [1.807, 2.05) is 25.1 Å². The van der Waals surface area contributed by atoms with Crippen LogP contribution in [0.15, 0.2) is 30.5 Å². The number of amides is 1. The molecule has 1 aromatic heterocycles. The van der Waals surface area contributed by atoms with E-state index in [9.17, 15) is 4.79 Å². The number of rotatable bonds is 2. The molecule has 1 amide bonds. The topological polar surface area (TPSA) is 54.0 Å². The van der Waals surface area contributed by atoms with Crippen molar-refractivity contribution in [3.63, 3.8) is 0 Å². The van der Waals surface area contributed by atoms with E-state index in [-0.39, 0.29) is 11.9 Å². The second-order valence-corrected chi connectivity index (χ2v) is 5.84. The quantitative estimate of drug-likeness (QED) is 0.882. The lowest BCUT2D eigenvalue weighted by atomic mass is 9.94. The largest absolute Gasteiger partial charge is 0.302 e. The number of benzene rings is 1. The fraction of sp³-hybridized carbons (Fsp3) is 0.286. The second kappa shape index (κ2) is 5.11. The molecule has 5 heteroatoms. The molecule has 4 nitrogen and oxygen atoms in total. The standard InChI is InChI=1S/C14H15N3OS/c1-9-8-16-14(19-9)17-13(18)12-11-5-3-2-4-10(11)6-7-15-12/h2-5,8,12,15H,6-7H2,1H3,(H,16,17,18). The zero-order chi connectivity index (χ0) is 13.2. The van der Waals surface area contributed by atoms with Gasteiger partial charge in [0.25, 0.3) is 0 Å². The van der Waals surface area contributed by atoms with Gasteiger partial charge in [-0.3, -0.25) is 4.79 Å². The van der Waals surface area contributed by atoms with Gasteiger partial charge >= 0.3 is 0 Å². The molecule has 1 atom stereocenters. The normalized spacial score (nSPS) is 17.8. The number of hydrogen-bond acceptors (Lipinski definition) is 4. The third-order valence-corrected chi connectivity index (χ3v) is 4.05. The zero-order valence-electron chi connectivity index (χ0n) is 10.6. The van der Waals surface area contributed by atoms with Gasteiger partial charge in [0.1, 0.15) is 6.04 Å². The van der Waals surface area contributed by atoms with Crippen LogP contribution in [0.4, 0.5) is 5.13 Å². The van der Waals surface area contributed by atoms with Crippen LogP contribution in [-0.4, -0.2) is 17.4 Å². The Morgan fingerprint density at radius 3 is 3.11 bits per heavy atom. The average molecular weight is 273 g/mol. The number of aromatic nitrogens is 1. The Kier molecular flexibility index (Phi) is 3.31. The molecule has 1 aliphatic rings. The van der Waals surface area contributed by atoms with E-state index in [1.165, 1.54) is 16.9 Å². The summed E-state index contributed by atoms with van der Waals surface area (Å²) in [4.78, 5) is 17.6. The molecule has 3 rings (SSSR count). The maximum Gasteiger partial charge on any atom is 0.247 e. The van der Waals surface area contributed by atoms with Gasteiger partial charge < -0.3 is 10.6 Å². The Hall–Kier alpha value is -1.72. The molecule has 2 aromatic rings. The van der Waals surface area contributed by atoms with E-state index in [0.29, 0.717) is 5.13 Å². The Balaban J connectivity index is 1.81. The molecule has 0 saturated carbocycles. The molecule has 0 saturated heterocycles. The first-order valence-corrected chi connectivity index (χ1v) is 7.10. The first-order valence-electron chi connectivity index (χ1n) is 6.28. The lowest BCUT2D eigenvalue weighted by molar-refractivity contribution is -0.118. The van der Waals surface area contributed by atoms with Crippen LogP contribution < -0.4 is 10.6 Å². The van der Waals surface area contributed by atoms with Crippen molar-refractivity contribution >= 4 is 22.4 Å². The summed E-state index contributed by atoms with van der Waals surface area (Å²) in [5.41, 5.74) is 2.32. The smallest absolute Gasteiger partial charge is 0.247 e. The van der Waals surface area contributed by atoms with Gasteiger partial charge in [-0.25, -0.2) is 4.98 Å². The lowest BCUT2D eigenvalue weighted by Crippen LogP contribution is -2.38. The molecule has 0 radical (unpaired) electrons. The maximum atomic E-state index is 12.3. The number of nitrogens with one attached hydrogen (secondary N) is 2. The van der Waals surface area contributed by atoms with Gasteiger partial charge in [0.2, 0.25) is 5.91 Å². The molecule has 1 aliphatic heterocycles. The monoisotopic (exact) mass is 273 g/mol. The minimum atomic E-state index is -0.283. The highest BCUT2D eigenvalue weighted by molar-refractivity contribution is 7.15. The Bertz CT molecular complexity index is 608. The first-order chi connectivity index (χ1) is 9.24. The number of hydrogen-bond donors (Lipinski definition) is 2. The Labute approximate surface area is 115 Å². The highest BCUT2D eigenvalue weighted by Crippen LogP contribution is 2.25. The summed E-state index contributed by atoms with van der Waals surface area (Å²) in [6, 6.07) is 7.81. The van der Waals surface area contributed by atoms with Crippen molar-refractivity contribution in [1.82, 2.24) is 10.3 Å². The van der Waals surface area contributed by atoms with Crippen LogP contribution in [0.1, 0.15) is 22.0 Å². The third kappa shape index (κ3) is 2.52. The van der Waals surface area contributed by atoms with Gasteiger partial charge in [-0.15, -0.1) is 11.3 Å². The van der Waals surface area contributed by atoms with Crippen molar-refractivity contribution in [2.45, 2.75) is 19.4 Å². The summed E-state index contributed by atoms with van der Waals surface area (Å²) in [5, 5.41) is 6.81. The maximum absolute atomic E-state index is 12.3. The predicted molar refractivity (Wildman–Crippen MR) is 76.4 cm³/mol. The number of aryl methyl sites for hydroxylation is 1. The molecule has 2 N–H and O–H groups in total. The number of thiazole rings is 1. The van der Waals surface area contributed by atoms with Crippen molar-refractivity contribution in [3.8, 4) is 0 Å². The lowest BCUT2D eigenvalue weighted by Gasteiger charge is -2.25. The minimum absolute atomic E-state index is 0.0403. The van der Waals surface area contributed by atoms with Gasteiger partial charge in [0, 0.05) is 17.6 Å². The van der Waals surface area contributed by atoms with E-state index < -0.39 is 0 Å². The van der Waals surface area contributed by atoms with Crippen LogP contribution in [0, 0.1) is 6.92 Å². The van der Waals surface area contributed by atoms with Gasteiger partial charge in [-0.2, -0.15) is 0 Å². The van der Waals surface area contributed by atoms with E-state index >= 15 is 0 Å². The summed E-state index contributed by atoms with van der Waals surface area (Å²) in [7, 11) is 0. The molecule has 0 aliphatic carbocycles. The van der Waals surface area contributed by atoms with E-state index in [2.05, 4.69) is 21.7 Å². The van der Waals surface area contributed by atoms with Crippen molar-refractivity contribution < 1.29 is 4.79 Å².